The van der Waals surface area contributed by atoms with Gasteiger partial charge in [-0.1, -0.05) is 0 Å². The van der Waals surface area contributed by atoms with Crippen LogP contribution in [0.25, 0.3) is 0 Å². The molecule has 0 radical (unpaired) electrons. The smallest absolute Gasteiger partial charge is 0.161 e. The molecule has 0 fully saturated rings. The van der Waals surface area contributed by atoms with Crippen LogP contribution in [-0.4, -0.2) is 13.2 Å². The van der Waals surface area contributed by atoms with Crippen molar-refractivity contribution in [1.82, 2.24) is 5.32 Å². The summed E-state index contributed by atoms with van der Waals surface area (Å²) in [6.45, 7) is -0.0365. The Morgan fingerprint density at radius 1 is 1.00 bits per heavy atom. The van der Waals surface area contributed by atoms with Crippen LogP contribution in [0.3, 0.4) is 0 Å². The van der Waals surface area contributed by atoms with E-state index in [1.165, 1.54) is 0 Å². The number of nitrogens with one attached hydrogen (secondary N) is 1. The van der Waals surface area contributed by atoms with Crippen LogP contribution in [-0.2, 0) is 6.54 Å². The van der Waals surface area contributed by atoms with Gasteiger partial charge < -0.3 is 5.32 Å². The first-order valence-electron chi connectivity index (χ1n) is 4.55. The molecular weight excluding hydrogens is 210 g/mol. The van der Waals surface area contributed by atoms with E-state index in [1.54, 1.807) is 0 Å². The lowest BCUT2D eigenvalue weighted by Crippen LogP contribution is -2.16. The van der Waals surface area contributed by atoms with Crippen molar-refractivity contribution in [2.24, 2.45) is 0 Å². The van der Waals surface area contributed by atoms with Crippen molar-refractivity contribution in [2.75, 3.05) is 13.2 Å². The van der Waals surface area contributed by atoms with Crippen LogP contribution in [0.2, 0.25) is 0 Å². The van der Waals surface area contributed by atoms with E-state index in [9.17, 15) is 17.6 Å². The van der Waals surface area contributed by atoms with E-state index in [4.69, 9.17) is 0 Å². The summed E-state index contributed by atoms with van der Waals surface area (Å²) in [5, 5.41) is 2.72. The fourth-order valence-corrected chi connectivity index (χ4v) is 1.11. The Kier molecular flexibility index (Phi) is 4.55. The van der Waals surface area contributed by atoms with E-state index in [-0.39, 0.29) is 12.1 Å². The Hall–Kier alpha value is -1.10. The van der Waals surface area contributed by atoms with Crippen molar-refractivity contribution < 1.29 is 17.6 Å². The molecule has 0 saturated carbocycles. The molecule has 15 heavy (non-hydrogen) atoms. The Morgan fingerprint density at radius 2 is 1.67 bits per heavy atom. The molecule has 1 aromatic carbocycles. The van der Waals surface area contributed by atoms with Gasteiger partial charge in [0.2, 0.25) is 0 Å². The normalized spacial score (nSPS) is 10.7. The molecule has 0 saturated heterocycles. The SMILES string of the molecule is FCCCNCc1cc(F)c(F)cc1F. The van der Waals surface area contributed by atoms with Crippen molar-refractivity contribution in [3.8, 4) is 0 Å². The summed E-state index contributed by atoms with van der Waals surface area (Å²) in [5.74, 6) is -3.10. The third-order valence-electron chi connectivity index (χ3n) is 1.89. The Bertz CT molecular complexity index is 327. The minimum atomic E-state index is -1.21. The molecule has 1 rings (SSSR count). The first-order valence-corrected chi connectivity index (χ1v) is 4.55. The second kappa shape index (κ2) is 5.70. The van der Waals surface area contributed by atoms with Gasteiger partial charge in [0.05, 0.1) is 6.67 Å². The van der Waals surface area contributed by atoms with E-state index in [0.717, 1.165) is 6.07 Å². The Labute approximate surface area is 85.1 Å². The van der Waals surface area contributed by atoms with Crippen LogP contribution < -0.4 is 5.32 Å². The van der Waals surface area contributed by atoms with Gasteiger partial charge in [-0.3, -0.25) is 4.39 Å². The maximum absolute atomic E-state index is 13.0. The zero-order valence-electron chi connectivity index (χ0n) is 7.99. The maximum atomic E-state index is 13.0. The van der Waals surface area contributed by atoms with Crippen molar-refractivity contribution >= 4 is 0 Å². The average Bonchev–Trinajstić information content (AvgIpc) is 2.20. The monoisotopic (exact) mass is 221 g/mol. The number of rotatable bonds is 5. The van der Waals surface area contributed by atoms with Crippen LogP contribution >= 0.6 is 0 Å². The van der Waals surface area contributed by atoms with E-state index in [2.05, 4.69) is 5.32 Å². The topological polar surface area (TPSA) is 12.0 Å². The number of hydrogen-bond acceptors (Lipinski definition) is 1. The minimum absolute atomic E-state index is 0.0350. The zero-order chi connectivity index (χ0) is 11.3. The molecule has 0 spiro atoms. The van der Waals surface area contributed by atoms with Crippen molar-refractivity contribution in [3.63, 3.8) is 0 Å². The molecule has 0 amide bonds. The van der Waals surface area contributed by atoms with E-state index >= 15 is 0 Å². The number of halogens is 4. The third-order valence-corrected chi connectivity index (χ3v) is 1.89. The van der Waals surface area contributed by atoms with Gasteiger partial charge in [-0.2, -0.15) is 0 Å². The molecule has 0 bridgehead atoms. The van der Waals surface area contributed by atoms with Gasteiger partial charge in [0.25, 0.3) is 0 Å². The zero-order valence-corrected chi connectivity index (χ0v) is 7.99. The van der Waals surface area contributed by atoms with Crippen LogP contribution in [0.5, 0.6) is 0 Å². The van der Waals surface area contributed by atoms with E-state index in [1.807, 2.05) is 0 Å². The van der Waals surface area contributed by atoms with Crippen LogP contribution in [0, 0.1) is 17.5 Å². The summed E-state index contributed by atoms with van der Waals surface area (Å²) >= 11 is 0. The highest BCUT2D eigenvalue weighted by Gasteiger charge is 2.08. The largest absolute Gasteiger partial charge is 0.312 e. The predicted octanol–water partition coefficient (Wildman–Crippen LogP) is 2.55. The minimum Gasteiger partial charge on any atom is -0.312 e. The second-order valence-corrected chi connectivity index (χ2v) is 3.08. The summed E-state index contributed by atoms with van der Waals surface area (Å²) in [6, 6.07) is 1.30. The standard InChI is InChI=1S/C10H11F4N/c11-2-1-3-15-6-7-4-9(13)10(14)5-8(7)12/h4-5,15H,1-3,6H2. The molecule has 1 aromatic rings. The molecule has 84 valence electrons. The van der Waals surface area contributed by atoms with Crippen LogP contribution in [0.4, 0.5) is 17.6 Å². The second-order valence-electron chi connectivity index (χ2n) is 3.08. The molecule has 0 aromatic heterocycles. The lowest BCUT2D eigenvalue weighted by Gasteiger charge is -2.05. The first kappa shape index (κ1) is 12.0. The van der Waals surface area contributed by atoms with Gasteiger partial charge in [0.1, 0.15) is 5.82 Å². The number of benzene rings is 1. The lowest BCUT2D eigenvalue weighted by atomic mass is 10.2. The molecule has 0 heterocycles. The highest BCUT2D eigenvalue weighted by Crippen LogP contribution is 2.13. The van der Waals surface area contributed by atoms with Gasteiger partial charge in [0.15, 0.2) is 11.6 Å². The molecule has 0 atom stereocenters. The Balaban J connectivity index is 2.57. The predicted molar refractivity (Wildman–Crippen MR) is 48.6 cm³/mol. The van der Waals surface area contributed by atoms with Gasteiger partial charge in [-0.05, 0) is 19.0 Å². The fourth-order valence-electron chi connectivity index (χ4n) is 1.11. The van der Waals surface area contributed by atoms with Crippen molar-refractivity contribution in [1.29, 1.82) is 0 Å². The first-order chi connectivity index (χ1) is 7.15. The highest BCUT2D eigenvalue weighted by atomic mass is 19.2. The summed E-state index contributed by atoms with van der Waals surface area (Å²) in [6.07, 6.45) is 0.311. The van der Waals surface area contributed by atoms with Gasteiger partial charge >= 0.3 is 0 Å². The molecule has 0 unspecified atom stereocenters. The maximum Gasteiger partial charge on any atom is 0.161 e. The molecule has 5 heteroatoms. The van der Waals surface area contributed by atoms with Gasteiger partial charge in [-0.25, -0.2) is 13.2 Å². The summed E-state index contributed by atoms with van der Waals surface area (Å²) in [5.41, 5.74) is 0.0350. The lowest BCUT2D eigenvalue weighted by molar-refractivity contribution is 0.455. The number of alkyl halides is 1. The Morgan fingerprint density at radius 3 is 2.33 bits per heavy atom. The molecule has 1 nitrogen and oxygen atoms in total. The van der Waals surface area contributed by atoms with Crippen molar-refractivity contribution in [2.45, 2.75) is 13.0 Å². The fraction of sp³-hybridized carbons (Fsp3) is 0.400. The third kappa shape index (κ3) is 3.51. The average molecular weight is 221 g/mol. The van der Waals surface area contributed by atoms with Gasteiger partial charge in [0, 0.05) is 18.2 Å². The van der Waals surface area contributed by atoms with Crippen LogP contribution in [0.15, 0.2) is 12.1 Å². The quantitative estimate of drug-likeness (QED) is 0.457. The summed E-state index contributed by atoms with van der Waals surface area (Å²) in [4.78, 5) is 0. The summed E-state index contributed by atoms with van der Waals surface area (Å²) < 4.78 is 49.9. The van der Waals surface area contributed by atoms with Gasteiger partial charge in [-0.15, -0.1) is 0 Å². The molecule has 0 aliphatic rings. The highest BCUT2D eigenvalue weighted by molar-refractivity contribution is 5.19. The van der Waals surface area contributed by atoms with Crippen LogP contribution in [0.1, 0.15) is 12.0 Å². The van der Waals surface area contributed by atoms with Crippen molar-refractivity contribution in [3.05, 3.63) is 35.1 Å². The molecular formula is C10H11F4N. The van der Waals surface area contributed by atoms with E-state index in [0.29, 0.717) is 19.0 Å². The van der Waals surface area contributed by atoms with E-state index < -0.39 is 24.1 Å². The molecule has 0 aliphatic carbocycles. The number of hydrogen-bond donors (Lipinski definition) is 1. The summed E-state index contributed by atoms with van der Waals surface area (Å²) in [7, 11) is 0. The molecule has 0 aliphatic heterocycles. The molecule has 1 N–H and O–H groups in total.